The van der Waals surface area contributed by atoms with Gasteiger partial charge in [0.15, 0.2) is 0 Å². The van der Waals surface area contributed by atoms with E-state index >= 15 is 0 Å². The number of ether oxygens (including phenoxy) is 1. The molecule has 0 unspecified atom stereocenters. The van der Waals surface area contributed by atoms with E-state index in [9.17, 15) is 10.0 Å². The number of rotatable bonds is 4. The topological polar surface area (TPSA) is 49.7 Å². The van der Waals surface area contributed by atoms with Crippen LogP contribution in [0.5, 0.6) is 5.75 Å². The quantitative estimate of drug-likeness (QED) is 0.669. The van der Waals surface area contributed by atoms with Crippen molar-refractivity contribution in [2.24, 2.45) is 0 Å². The molecular weight excluding hydrogens is 321 g/mol. The maximum Gasteiger partial charge on any atom is 0.488 e. The van der Waals surface area contributed by atoms with Crippen LogP contribution < -0.4 is 10.2 Å². The Balaban J connectivity index is 2.19. The van der Waals surface area contributed by atoms with Crippen LogP contribution in [0.2, 0.25) is 15.1 Å². The van der Waals surface area contributed by atoms with Gasteiger partial charge in [-0.15, -0.1) is 0 Å². The minimum Gasteiger partial charge on any atom is -0.487 e. The molecule has 2 N–H and O–H groups in total. The van der Waals surface area contributed by atoms with Crippen LogP contribution in [-0.4, -0.2) is 17.2 Å². The van der Waals surface area contributed by atoms with E-state index < -0.39 is 7.12 Å². The van der Waals surface area contributed by atoms with Crippen LogP contribution in [0.3, 0.4) is 0 Å². The first-order chi connectivity index (χ1) is 9.49. The predicted molar refractivity (Wildman–Crippen MR) is 82.1 cm³/mol. The maximum atomic E-state index is 9.27. The molecule has 0 aliphatic heterocycles. The number of benzene rings is 2. The van der Waals surface area contributed by atoms with E-state index in [2.05, 4.69) is 0 Å². The Morgan fingerprint density at radius 1 is 0.950 bits per heavy atom. The molecule has 0 amide bonds. The summed E-state index contributed by atoms with van der Waals surface area (Å²) in [5, 5.41) is 19.6. The van der Waals surface area contributed by atoms with Gasteiger partial charge in [-0.25, -0.2) is 0 Å². The normalized spacial score (nSPS) is 10.4. The average Bonchev–Trinajstić information content (AvgIpc) is 2.41. The Morgan fingerprint density at radius 3 is 2.30 bits per heavy atom. The van der Waals surface area contributed by atoms with Crippen molar-refractivity contribution in [1.29, 1.82) is 0 Å². The molecule has 0 fully saturated rings. The van der Waals surface area contributed by atoms with E-state index in [1.807, 2.05) is 0 Å². The fraction of sp³-hybridized carbons (Fsp3) is 0.0769. The first kappa shape index (κ1) is 15.5. The van der Waals surface area contributed by atoms with E-state index in [0.29, 0.717) is 31.8 Å². The molecule has 2 rings (SSSR count). The number of hydrogen-bond donors (Lipinski definition) is 2. The van der Waals surface area contributed by atoms with Crippen molar-refractivity contribution in [1.82, 2.24) is 0 Å². The molecule has 0 aliphatic carbocycles. The zero-order valence-electron chi connectivity index (χ0n) is 10.2. The summed E-state index contributed by atoms with van der Waals surface area (Å²) in [7, 11) is -1.56. The van der Waals surface area contributed by atoms with Crippen molar-refractivity contribution in [3.63, 3.8) is 0 Å². The lowest BCUT2D eigenvalue weighted by atomic mass is 9.77. The highest BCUT2D eigenvalue weighted by molar-refractivity contribution is 6.59. The fourth-order valence-electron chi connectivity index (χ4n) is 1.69. The summed E-state index contributed by atoms with van der Waals surface area (Å²) in [6.07, 6.45) is 0. The monoisotopic (exact) mass is 330 g/mol. The summed E-state index contributed by atoms with van der Waals surface area (Å²) in [4.78, 5) is 0. The van der Waals surface area contributed by atoms with Gasteiger partial charge in [0.2, 0.25) is 0 Å². The third kappa shape index (κ3) is 3.60. The molecule has 0 aliphatic rings. The minimum absolute atomic E-state index is 0.130. The van der Waals surface area contributed by atoms with Crippen molar-refractivity contribution >= 4 is 47.4 Å². The summed E-state index contributed by atoms with van der Waals surface area (Å²) < 4.78 is 5.55. The molecule has 104 valence electrons. The lowest BCUT2D eigenvalue weighted by molar-refractivity contribution is 0.306. The second-order valence-corrected chi connectivity index (χ2v) is 5.28. The van der Waals surface area contributed by atoms with Gasteiger partial charge in [-0.1, -0.05) is 59.1 Å². The van der Waals surface area contributed by atoms with E-state index in [0.717, 1.165) is 0 Å². The average molecular weight is 331 g/mol. The second-order valence-electron chi connectivity index (χ2n) is 4.06. The molecule has 2 aromatic rings. The van der Waals surface area contributed by atoms with Crippen molar-refractivity contribution in [3.05, 3.63) is 57.0 Å². The Kier molecular flexibility index (Phi) is 5.19. The van der Waals surface area contributed by atoms with E-state index in [1.165, 1.54) is 12.1 Å². The van der Waals surface area contributed by atoms with Gasteiger partial charge < -0.3 is 14.8 Å². The lowest BCUT2D eigenvalue weighted by Crippen LogP contribution is -2.33. The van der Waals surface area contributed by atoms with E-state index in [4.69, 9.17) is 39.5 Å². The Labute approximate surface area is 131 Å². The van der Waals surface area contributed by atoms with Crippen LogP contribution in [0.1, 0.15) is 5.56 Å². The standard InChI is InChI=1S/C13H10BCl3O3/c15-10-5-12(17)13(6-11(10)16)20-7-8-3-1-2-4-9(8)14(18)19/h1-6,18-19H,7H2. The molecule has 0 bridgehead atoms. The zero-order valence-corrected chi connectivity index (χ0v) is 12.5. The molecule has 2 aromatic carbocycles. The fourth-order valence-corrected chi connectivity index (χ4v) is 2.28. The van der Waals surface area contributed by atoms with Crippen molar-refractivity contribution in [2.75, 3.05) is 0 Å². The molecule has 0 radical (unpaired) electrons. The molecule has 20 heavy (non-hydrogen) atoms. The van der Waals surface area contributed by atoms with Crippen LogP contribution in [0.15, 0.2) is 36.4 Å². The molecule has 0 saturated carbocycles. The maximum absolute atomic E-state index is 9.27. The van der Waals surface area contributed by atoms with Crippen LogP contribution in [0.4, 0.5) is 0 Å². The third-order valence-electron chi connectivity index (χ3n) is 2.69. The van der Waals surface area contributed by atoms with Gasteiger partial charge in [-0.05, 0) is 17.1 Å². The first-order valence-electron chi connectivity index (χ1n) is 5.70. The van der Waals surface area contributed by atoms with Gasteiger partial charge in [0, 0.05) is 6.07 Å². The Bertz CT molecular complexity index is 620. The van der Waals surface area contributed by atoms with Gasteiger partial charge in [0.05, 0.1) is 15.1 Å². The SMILES string of the molecule is OB(O)c1ccccc1COc1cc(Cl)c(Cl)cc1Cl. The van der Waals surface area contributed by atoms with Gasteiger partial charge in [-0.2, -0.15) is 0 Å². The van der Waals surface area contributed by atoms with Crippen molar-refractivity contribution < 1.29 is 14.8 Å². The molecular formula is C13H10BCl3O3. The largest absolute Gasteiger partial charge is 0.488 e. The second kappa shape index (κ2) is 6.70. The predicted octanol–water partition coefficient (Wildman–Crippen LogP) is 2.91. The van der Waals surface area contributed by atoms with Crippen LogP contribution in [0.25, 0.3) is 0 Å². The Morgan fingerprint density at radius 2 is 1.60 bits per heavy atom. The van der Waals surface area contributed by atoms with Crippen molar-refractivity contribution in [2.45, 2.75) is 6.61 Å². The minimum atomic E-state index is -1.56. The number of hydrogen-bond acceptors (Lipinski definition) is 3. The molecule has 0 spiro atoms. The van der Waals surface area contributed by atoms with Crippen molar-refractivity contribution in [3.8, 4) is 5.75 Å². The molecule has 0 heterocycles. The highest BCUT2D eigenvalue weighted by Gasteiger charge is 2.16. The molecule has 7 heteroatoms. The summed E-state index contributed by atoms with van der Waals surface area (Å²) >= 11 is 17.7. The first-order valence-corrected chi connectivity index (χ1v) is 6.83. The lowest BCUT2D eigenvalue weighted by Gasteiger charge is -2.12. The zero-order chi connectivity index (χ0) is 14.7. The molecule has 0 aromatic heterocycles. The summed E-state index contributed by atoms with van der Waals surface area (Å²) in [6.45, 7) is 0.130. The summed E-state index contributed by atoms with van der Waals surface area (Å²) in [5.74, 6) is 0.378. The van der Waals surface area contributed by atoms with Crippen LogP contribution >= 0.6 is 34.8 Å². The highest BCUT2D eigenvalue weighted by Crippen LogP contribution is 2.34. The molecule has 3 nitrogen and oxygen atoms in total. The smallest absolute Gasteiger partial charge is 0.487 e. The number of halogens is 3. The van der Waals surface area contributed by atoms with E-state index in [-0.39, 0.29) is 6.61 Å². The molecule has 0 saturated heterocycles. The van der Waals surface area contributed by atoms with Gasteiger partial charge in [-0.3, -0.25) is 0 Å². The highest BCUT2D eigenvalue weighted by atomic mass is 35.5. The van der Waals surface area contributed by atoms with Crippen LogP contribution in [-0.2, 0) is 6.61 Å². The van der Waals surface area contributed by atoms with Gasteiger partial charge in [0.25, 0.3) is 0 Å². The molecule has 0 atom stereocenters. The van der Waals surface area contributed by atoms with Crippen LogP contribution in [0, 0.1) is 0 Å². The van der Waals surface area contributed by atoms with Gasteiger partial charge in [0.1, 0.15) is 12.4 Å². The van der Waals surface area contributed by atoms with E-state index in [1.54, 1.807) is 24.3 Å². The summed E-state index contributed by atoms with van der Waals surface area (Å²) in [6, 6.07) is 9.85. The Hall–Kier alpha value is -0.905. The summed E-state index contributed by atoms with van der Waals surface area (Å²) in [5.41, 5.74) is 1.02. The van der Waals surface area contributed by atoms with Gasteiger partial charge >= 0.3 is 7.12 Å². The third-order valence-corrected chi connectivity index (χ3v) is 3.71.